The molecule has 1 aromatic carbocycles. The van der Waals surface area contributed by atoms with Gasteiger partial charge in [-0.15, -0.1) is 0 Å². The predicted molar refractivity (Wildman–Crippen MR) is 81.0 cm³/mol. The van der Waals surface area contributed by atoms with Gasteiger partial charge in [-0.25, -0.2) is 4.98 Å². The third-order valence-electron chi connectivity index (χ3n) is 3.67. The van der Waals surface area contributed by atoms with Crippen molar-refractivity contribution in [3.8, 4) is 22.8 Å². The molecule has 1 unspecified atom stereocenters. The molecule has 3 aromatic rings. The number of pyridine rings is 1. The molecule has 0 aliphatic carbocycles. The highest BCUT2D eigenvalue weighted by Gasteiger charge is 2.23. The van der Waals surface area contributed by atoms with E-state index in [-0.39, 0.29) is 11.7 Å². The van der Waals surface area contributed by atoms with E-state index in [0.717, 1.165) is 5.56 Å². The van der Waals surface area contributed by atoms with Crippen LogP contribution in [0.15, 0.2) is 42.7 Å². The Morgan fingerprint density at radius 2 is 2.23 bits per heavy atom. The van der Waals surface area contributed by atoms with E-state index in [4.69, 9.17) is 4.74 Å². The molecule has 0 bridgehead atoms. The molecule has 1 amide bonds. The lowest BCUT2D eigenvalue weighted by Gasteiger charge is -2.23. The van der Waals surface area contributed by atoms with E-state index < -0.39 is 6.10 Å². The zero-order chi connectivity index (χ0) is 15.3. The van der Waals surface area contributed by atoms with Crippen molar-refractivity contribution in [3.05, 3.63) is 42.7 Å². The standard InChI is InChI=1S/C16H13N3O3/c1-9-16(21)18-11-7-10(4-5-14(11)22-9)12-8-19-6-2-3-13(20)15(19)17-12/h2-9,20H,1H3,(H,18,21). The molecular formula is C16H13N3O3. The first-order valence-corrected chi connectivity index (χ1v) is 6.90. The maximum atomic E-state index is 11.7. The Hall–Kier alpha value is -3.02. The second kappa shape index (κ2) is 4.49. The SMILES string of the molecule is CC1Oc2ccc(-c3cn4cccc(O)c4n3)cc2NC1=O. The Labute approximate surface area is 126 Å². The Bertz CT molecular complexity index is 901. The summed E-state index contributed by atoms with van der Waals surface area (Å²) in [5, 5.41) is 12.6. The molecule has 1 aliphatic rings. The number of fused-ring (bicyclic) bond motifs is 2. The molecule has 0 saturated heterocycles. The summed E-state index contributed by atoms with van der Waals surface area (Å²) >= 11 is 0. The molecule has 0 radical (unpaired) electrons. The molecular weight excluding hydrogens is 282 g/mol. The summed E-state index contributed by atoms with van der Waals surface area (Å²) in [5.41, 5.74) is 2.66. The quantitative estimate of drug-likeness (QED) is 0.723. The Morgan fingerprint density at radius 3 is 3.05 bits per heavy atom. The minimum absolute atomic E-state index is 0.122. The second-order valence-corrected chi connectivity index (χ2v) is 5.21. The van der Waals surface area contributed by atoms with Gasteiger partial charge in [0.15, 0.2) is 17.5 Å². The number of carbonyl (C=O) groups is 1. The fraction of sp³-hybridized carbons (Fsp3) is 0.125. The Balaban J connectivity index is 1.81. The van der Waals surface area contributed by atoms with Crippen LogP contribution in [0.3, 0.4) is 0 Å². The van der Waals surface area contributed by atoms with Crippen LogP contribution in [-0.4, -0.2) is 26.5 Å². The average Bonchev–Trinajstić information content (AvgIpc) is 2.94. The Kier molecular flexibility index (Phi) is 2.59. The topological polar surface area (TPSA) is 75.9 Å². The molecule has 6 nitrogen and oxygen atoms in total. The van der Waals surface area contributed by atoms with Crippen LogP contribution in [0.5, 0.6) is 11.5 Å². The van der Waals surface area contributed by atoms with E-state index in [9.17, 15) is 9.90 Å². The highest BCUT2D eigenvalue weighted by atomic mass is 16.5. The summed E-state index contributed by atoms with van der Waals surface area (Å²) < 4.78 is 7.29. The van der Waals surface area contributed by atoms with Gasteiger partial charge in [0.1, 0.15) is 5.75 Å². The largest absolute Gasteiger partial charge is 0.504 e. The monoisotopic (exact) mass is 295 g/mol. The Morgan fingerprint density at radius 1 is 1.36 bits per heavy atom. The van der Waals surface area contributed by atoms with Gasteiger partial charge in [-0.1, -0.05) is 0 Å². The number of imidazole rings is 1. The van der Waals surface area contributed by atoms with Crippen molar-refractivity contribution in [1.29, 1.82) is 0 Å². The van der Waals surface area contributed by atoms with E-state index in [1.807, 2.05) is 30.6 Å². The van der Waals surface area contributed by atoms with Gasteiger partial charge in [-0.3, -0.25) is 4.79 Å². The molecule has 110 valence electrons. The fourth-order valence-corrected chi connectivity index (χ4v) is 2.51. The maximum Gasteiger partial charge on any atom is 0.265 e. The number of amides is 1. The summed E-state index contributed by atoms with van der Waals surface area (Å²) in [7, 11) is 0. The maximum absolute atomic E-state index is 11.7. The van der Waals surface area contributed by atoms with Crippen LogP contribution in [0.4, 0.5) is 5.69 Å². The lowest BCUT2D eigenvalue weighted by molar-refractivity contribution is -0.122. The molecule has 4 rings (SSSR count). The van der Waals surface area contributed by atoms with Crippen molar-refractivity contribution in [2.45, 2.75) is 13.0 Å². The number of aromatic nitrogens is 2. The summed E-state index contributed by atoms with van der Waals surface area (Å²) in [6.07, 6.45) is 3.15. The average molecular weight is 295 g/mol. The van der Waals surface area contributed by atoms with Crippen LogP contribution in [0.25, 0.3) is 16.9 Å². The van der Waals surface area contributed by atoms with Gasteiger partial charge in [0.2, 0.25) is 0 Å². The van der Waals surface area contributed by atoms with Crippen LogP contribution in [0, 0.1) is 0 Å². The third-order valence-corrected chi connectivity index (χ3v) is 3.67. The summed E-state index contributed by atoms with van der Waals surface area (Å²) in [6, 6.07) is 8.84. The van der Waals surface area contributed by atoms with Gasteiger partial charge in [-0.05, 0) is 37.3 Å². The van der Waals surface area contributed by atoms with Crippen LogP contribution in [-0.2, 0) is 4.79 Å². The normalized spacial score (nSPS) is 17.0. The van der Waals surface area contributed by atoms with E-state index in [0.29, 0.717) is 22.8 Å². The zero-order valence-corrected chi connectivity index (χ0v) is 11.8. The number of ether oxygens (including phenoxy) is 1. The van der Waals surface area contributed by atoms with Gasteiger partial charge in [0, 0.05) is 18.0 Å². The smallest absolute Gasteiger partial charge is 0.265 e. The number of nitrogens with one attached hydrogen (secondary N) is 1. The van der Waals surface area contributed by atoms with Gasteiger partial charge >= 0.3 is 0 Å². The molecule has 3 heterocycles. The molecule has 2 N–H and O–H groups in total. The summed E-state index contributed by atoms with van der Waals surface area (Å²) in [5.74, 6) is 0.594. The lowest BCUT2D eigenvalue weighted by Crippen LogP contribution is -2.34. The lowest BCUT2D eigenvalue weighted by atomic mass is 10.1. The van der Waals surface area contributed by atoms with E-state index in [1.165, 1.54) is 0 Å². The number of hydrogen-bond donors (Lipinski definition) is 2. The van der Waals surface area contributed by atoms with Crippen LogP contribution in [0.2, 0.25) is 0 Å². The summed E-state index contributed by atoms with van der Waals surface area (Å²) in [4.78, 5) is 16.1. The first kappa shape index (κ1) is 12.7. The van der Waals surface area contributed by atoms with Gasteiger partial charge in [-0.2, -0.15) is 0 Å². The van der Waals surface area contributed by atoms with Crippen LogP contribution >= 0.6 is 0 Å². The summed E-state index contributed by atoms with van der Waals surface area (Å²) in [6.45, 7) is 1.71. The van der Waals surface area contributed by atoms with Crippen molar-refractivity contribution in [3.63, 3.8) is 0 Å². The third kappa shape index (κ3) is 1.88. The molecule has 0 saturated carbocycles. The number of benzene rings is 1. The number of rotatable bonds is 1. The number of nitrogens with zero attached hydrogens (tertiary/aromatic N) is 2. The molecule has 1 atom stereocenters. The minimum atomic E-state index is -0.495. The van der Waals surface area contributed by atoms with E-state index >= 15 is 0 Å². The van der Waals surface area contributed by atoms with Gasteiger partial charge < -0.3 is 19.6 Å². The molecule has 22 heavy (non-hydrogen) atoms. The molecule has 2 aromatic heterocycles. The second-order valence-electron chi connectivity index (χ2n) is 5.21. The van der Waals surface area contributed by atoms with Crippen LogP contribution in [0.1, 0.15) is 6.92 Å². The highest BCUT2D eigenvalue weighted by molar-refractivity contribution is 5.98. The van der Waals surface area contributed by atoms with Crippen molar-refractivity contribution >= 4 is 17.2 Å². The van der Waals surface area contributed by atoms with E-state index in [1.54, 1.807) is 23.5 Å². The van der Waals surface area contributed by atoms with Crippen molar-refractivity contribution in [2.24, 2.45) is 0 Å². The van der Waals surface area contributed by atoms with E-state index in [2.05, 4.69) is 10.3 Å². The molecule has 1 aliphatic heterocycles. The number of anilines is 1. The number of aromatic hydroxyl groups is 1. The van der Waals surface area contributed by atoms with Crippen molar-refractivity contribution < 1.29 is 14.6 Å². The first-order valence-electron chi connectivity index (χ1n) is 6.90. The zero-order valence-electron chi connectivity index (χ0n) is 11.8. The highest BCUT2D eigenvalue weighted by Crippen LogP contribution is 2.34. The molecule has 0 spiro atoms. The predicted octanol–water partition coefficient (Wildman–Crippen LogP) is 2.43. The molecule has 0 fully saturated rings. The van der Waals surface area contributed by atoms with Crippen LogP contribution < -0.4 is 10.1 Å². The van der Waals surface area contributed by atoms with Gasteiger partial charge in [0.05, 0.1) is 11.4 Å². The van der Waals surface area contributed by atoms with Gasteiger partial charge in [0.25, 0.3) is 5.91 Å². The van der Waals surface area contributed by atoms with Crippen molar-refractivity contribution in [1.82, 2.24) is 9.38 Å². The minimum Gasteiger partial charge on any atom is -0.504 e. The number of carbonyl (C=O) groups excluding carboxylic acids is 1. The fourth-order valence-electron chi connectivity index (χ4n) is 2.51. The number of hydrogen-bond acceptors (Lipinski definition) is 4. The molecule has 6 heteroatoms. The first-order chi connectivity index (χ1) is 10.6. The van der Waals surface area contributed by atoms with Crippen molar-refractivity contribution in [2.75, 3.05) is 5.32 Å².